The van der Waals surface area contributed by atoms with Gasteiger partial charge in [-0.1, -0.05) is 24.3 Å². The Morgan fingerprint density at radius 2 is 1.89 bits per heavy atom. The molecule has 4 rings (SSSR count). The van der Waals surface area contributed by atoms with Crippen molar-refractivity contribution in [3.63, 3.8) is 0 Å². The minimum atomic E-state index is 0.0992. The summed E-state index contributed by atoms with van der Waals surface area (Å²) in [7, 11) is 3.67. The Labute approximate surface area is 160 Å². The maximum atomic E-state index is 12.9. The second kappa shape index (κ2) is 6.83. The molecule has 3 heterocycles. The summed E-state index contributed by atoms with van der Waals surface area (Å²) in [6, 6.07) is 10.7. The Kier molecular flexibility index (Phi) is 4.50. The lowest BCUT2D eigenvalue weighted by molar-refractivity contribution is 0.159. The van der Waals surface area contributed by atoms with Crippen molar-refractivity contribution >= 4 is 11.8 Å². The molecule has 27 heavy (non-hydrogen) atoms. The molecule has 1 aromatic heterocycles. The highest BCUT2D eigenvalue weighted by molar-refractivity contribution is 5.75. The zero-order valence-corrected chi connectivity index (χ0v) is 16.5. The van der Waals surface area contributed by atoms with Crippen LogP contribution in [0, 0.1) is 25.7 Å². The van der Waals surface area contributed by atoms with Crippen LogP contribution < -0.4 is 4.90 Å². The topological polar surface area (TPSA) is 52.6 Å². The first-order chi connectivity index (χ1) is 13.0. The summed E-state index contributed by atoms with van der Waals surface area (Å²) < 4.78 is 0. The molecule has 0 radical (unpaired) electrons. The number of fused-ring (bicyclic) bond motifs is 1. The standard InChI is InChI=1S/C21H27N5O/c1-14-7-5-6-8-17(14)20-18-12-25(19-9-15(2)22-13-23-19)10-16(18)11-26(20)21(27)24(3)4/h5-9,13,16,18,20H,10-12H2,1-4H3/t16-,18-,20+/m1/s1. The summed E-state index contributed by atoms with van der Waals surface area (Å²) >= 11 is 0. The fourth-order valence-corrected chi connectivity index (χ4v) is 4.62. The Bertz CT molecular complexity index is 852. The van der Waals surface area contributed by atoms with Gasteiger partial charge in [0, 0.05) is 57.3 Å². The van der Waals surface area contributed by atoms with Crippen molar-refractivity contribution in [1.82, 2.24) is 19.8 Å². The Balaban J connectivity index is 1.67. The first-order valence-corrected chi connectivity index (χ1v) is 9.52. The number of hydrogen-bond donors (Lipinski definition) is 0. The molecule has 0 bridgehead atoms. The van der Waals surface area contributed by atoms with E-state index in [1.165, 1.54) is 11.1 Å². The fourth-order valence-electron chi connectivity index (χ4n) is 4.62. The molecule has 6 nitrogen and oxygen atoms in total. The molecular formula is C21H27N5O. The average Bonchev–Trinajstić information content (AvgIpc) is 3.19. The van der Waals surface area contributed by atoms with Gasteiger partial charge < -0.3 is 14.7 Å². The molecule has 2 fully saturated rings. The molecule has 2 aromatic rings. The van der Waals surface area contributed by atoms with Crippen LogP contribution >= 0.6 is 0 Å². The molecule has 3 atom stereocenters. The zero-order valence-electron chi connectivity index (χ0n) is 16.5. The minimum absolute atomic E-state index is 0.0992. The zero-order chi connectivity index (χ0) is 19.1. The van der Waals surface area contributed by atoms with Crippen molar-refractivity contribution < 1.29 is 4.79 Å². The third-order valence-electron chi connectivity index (χ3n) is 5.91. The molecule has 2 amide bonds. The van der Waals surface area contributed by atoms with Gasteiger partial charge in [0.2, 0.25) is 0 Å². The number of benzene rings is 1. The van der Waals surface area contributed by atoms with E-state index in [0.717, 1.165) is 31.1 Å². The molecule has 2 aliphatic heterocycles. The number of carbonyl (C=O) groups excluding carboxylic acids is 1. The molecule has 0 aliphatic carbocycles. The molecule has 0 N–H and O–H groups in total. The van der Waals surface area contributed by atoms with Crippen molar-refractivity contribution in [3.8, 4) is 0 Å². The van der Waals surface area contributed by atoms with Gasteiger partial charge in [0.25, 0.3) is 0 Å². The Morgan fingerprint density at radius 3 is 2.59 bits per heavy atom. The van der Waals surface area contributed by atoms with E-state index in [0.29, 0.717) is 11.8 Å². The number of hydrogen-bond acceptors (Lipinski definition) is 4. The number of urea groups is 1. The SMILES string of the molecule is Cc1cc(N2C[C@@H]3CN(C(=O)N(C)C)[C@@H](c4ccccc4C)[C@@H]3C2)ncn1. The number of rotatable bonds is 2. The van der Waals surface area contributed by atoms with Gasteiger partial charge in [0.05, 0.1) is 6.04 Å². The Morgan fingerprint density at radius 1 is 1.11 bits per heavy atom. The summed E-state index contributed by atoms with van der Waals surface area (Å²) in [5, 5.41) is 0. The van der Waals surface area contributed by atoms with Crippen molar-refractivity contribution in [1.29, 1.82) is 0 Å². The monoisotopic (exact) mass is 365 g/mol. The van der Waals surface area contributed by atoms with E-state index >= 15 is 0 Å². The van der Waals surface area contributed by atoms with Gasteiger partial charge in [0.1, 0.15) is 12.1 Å². The molecule has 2 aliphatic rings. The predicted octanol–water partition coefficient (Wildman–Crippen LogP) is 2.88. The van der Waals surface area contributed by atoms with Gasteiger partial charge in [-0.05, 0) is 25.0 Å². The van der Waals surface area contributed by atoms with E-state index < -0.39 is 0 Å². The van der Waals surface area contributed by atoms with Crippen LogP contribution in [0.1, 0.15) is 22.9 Å². The third-order valence-corrected chi connectivity index (χ3v) is 5.91. The number of nitrogens with zero attached hydrogens (tertiary/aromatic N) is 5. The minimum Gasteiger partial charge on any atom is -0.356 e. The van der Waals surface area contributed by atoms with E-state index in [1.807, 2.05) is 27.1 Å². The number of anilines is 1. The molecule has 0 spiro atoms. The van der Waals surface area contributed by atoms with Crippen LogP contribution in [-0.4, -0.2) is 59.5 Å². The molecule has 0 unspecified atom stereocenters. The highest BCUT2D eigenvalue weighted by Crippen LogP contribution is 2.46. The lowest BCUT2D eigenvalue weighted by atomic mass is 9.88. The quantitative estimate of drug-likeness (QED) is 0.821. The van der Waals surface area contributed by atoms with Gasteiger partial charge in [-0.3, -0.25) is 0 Å². The van der Waals surface area contributed by atoms with E-state index in [-0.39, 0.29) is 12.1 Å². The van der Waals surface area contributed by atoms with Gasteiger partial charge in [-0.15, -0.1) is 0 Å². The maximum absolute atomic E-state index is 12.9. The average molecular weight is 365 g/mol. The van der Waals surface area contributed by atoms with Crippen molar-refractivity contribution in [2.75, 3.05) is 38.6 Å². The number of likely N-dealkylation sites (tertiary alicyclic amines) is 1. The van der Waals surface area contributed by atoms with Gasteiger partial charge in [-0.25, -0.2) is 14.8 Å². The first kappa shape index (κ1) is 17.8. The van der Waals surface area contributed by atoms with Crippen LogP contribution in [-0.2, 0) is 0 Å². The van der Waals surface area contributed by atoms with E-state index in [2.05, 4.69) is 51.0 Å². The van der Waals surface area contributed by atoms with Crippen LogP contribution in [0.25, 0.3) is 0 Å². The smallest absolute Gasteiger partial charge is 0.320 e. The number of amides is 2. The molecule has 2 saturated heterocycles. The lowest BCUT2D eigenvalue weighted by Gasteiger charge is -2.32. The van der Waals surface area contributed by atoms with Crippen LogP contribution in [0.15, 0.2) is 36.7 Å². The molecule has 6 heteroatoms. The predicted molar refractivity (Wildman–Crippen MR) is 106 cm³/mol. The number of aryl methyl sites for hydroxylation is 2. The summed E-state index contributed by atoms with van der Waals surface area (Å²) in [4.78, 5) is 27.7. The molecule has 1 aromatic carbocycles. The van der Waals surface area contributed by atoms with Crippen LogP contribution in [0.5, 0.6) is 0 Å². The molecule has 0 saturated carbocycles. The summed E-state index contributed by atoms with van der Waals surface area (Å²) in [6.07, 6.45) is 1.64. The Hall–Kier alpha value is -2.63. The summed E-state index contributed by atoms with van der Waals surface area (Å²) in [5.74, 6) is 1.85. The van der Waals surface area contributed by atoms with Crippen molar-refractivity contribution in [3.05, 3.63) is 53.5 Å². The van der Waals surface area contributed by atoms with E-state index in [9.17, 15) is 4.79 Å². The fraction of sp³-hybridized carbons (Fsp3) is 0.476. The van der Waals surface area contributed by atoms with Crippen LogP contribution in [0.2, 0.25) is 0 Å². The normalized spacial score (nSPS) is 24.2. The number of carbonyl (C=O) groups is 1. The second-order valence-electron chi connectivity index (χ2n) is 7.98. The largest absolute Gasteiger partial charge is 0.356 e. The van der Waals surface area contributed by atoms with Crippen LogP contribution in [0.4, 0.5) is 10.6 Å². The van der Waals surface area contributed by atoms with Crippen molar-refractivity contribution in [2.24, 2.45) is 11.8 Å². The summed E-state index contributed by atoms with van der Waals surface area (Å²) in [6.45, 7) is 6.77. The highest BCUT2D eigenvalue weighted by atomic mass is 16.2. The van der Waals surface area contributed by atoms with Crippen molar-refractivity contribution in [2.45, 2.75) is 19.9 Å². The van der Waals surface area contributed by atoms with Gasteiger partial charge in [-0.2, -0.15) is 0 Å². The third kappa shape index (κ3) is 3.13. The lowest BCUT2D eigenvalue weighted by Crippen LogP contribution is -2.41. The van der Waals surface area contributed by atoms with E-state index in [4.69, 9.17) is 0 Å². The van der Waals surface area contributed by atoms with Gasteiger partial charge >= 0.3 is 6.03 Å². The van der Waals surface area contributed by atoms with E-state index in [1.54, 1.807) is 11.2 Å². The molecule has 142 valence electrons. The first-order valence-electron chi connectivity index (χ1n) is 9.52. The maximum Gasteiger partial charge on any atom is 0.320 e. The molecular weight excluding hydrogens is 338 g/mol. The highest BCUT2D eigenvalue weighted by Gasteiger charge is 2.50. The van der Waals surface area contributed by atoms with Crippen LogP contribution in [0.3, 0.4) is 0 Å². The second-order valence-corrected chi connectivity index (χ2v) is 7.98. The summed E-state index contributed by atoms with van der Waals surface area (Å²) in [5.41, 5.74) is 3.49. The van der Waals surface area contributed by atoms with Gasteiger partial charge in [0.15, 0.2) is 0 Å². The number of aromatic nitrogens is 2.